The summed E-state index contributed by atoms with van der Waals surface area (Å²) in [6.45, 7) is 5.66. The number of benzene rings is 2. The molecule has 138 valence electrons. The van der Waals surface area contributed by atoms with Crippen molar-refractivity contribution in [3.63, 3.8) is 0 Å². The summed E-state index contributed by atoms with van der Waals surface area (Å²) in [5, 5.41) is 2.93. The van der Waals surface area contributed by atoms with Gasteiger partial charge in [-0.1, -0.05) is 24.3 Å². The lowest BCUT2D eigenvalue weighted by Gasteiger charge is -2.41. The molecular weight excluding hydrogens is 324 g/mol. The zero-order chi connectivity index (χ0) is 18.1. The van der Waals surface area contributed by atoms with E-state index in [1.165, 1.54) is 24.1 Å². The van der Waals surface area contributed by atoms with Gasteiger partial charge in [0.15, 0.2) is 0 Å². The summed E-state index contributed by atoms with van der Waals surface area (Å²) in [4.78, 5) is 13.6. The van der Waals surface area contributed by atoms with Crippen LogP contribution in [0.3, 0.4) is 0 Å². The predicted molar refractivity (Wildman–Crippen MR) is 106 cm³/mol. The Hall–Kier alpha value is -2.49. The van der Waals surface area contributed by atoms with Crippen LogP contribution in [0.15, 0.2) is 48.5 Å². The molecule has 0 bridgehead atoms. The third-order valence-electron chi connectivity index (χ3n) is 5.24. The van der Waals surface area contributed by atoms with Gasteiger partial charge in [-0.3, -0.25) is 4.79 Å². The summed E-state index contributed by atoms with van der Waals surface area (Å²) in [6, 6.07) is 17.2. The molecule has 4 nitrogen and oxygen atoms in total. The predicted octanol–water partition coefficient (Wildman–Crippen LogP) is 4.27. The standard InChI is InChI=1S/C22H26N2O2.H2/c1-15(23-16(2)25)17-3-5-18(6-4-17)19-13-24(14-19)20-7-9-21(10-8-20)26-22-11-12-22;/h3-10,15,19,22H,11-14H2,1-2H3,(H,23,25);1H/t15-;/m0./s1. The zero-order valence-electron chi connectivity index (χ0n) is 15.4. The SMILES string of the molecule is CC(=O)N[C@@H](C)c1ccc(C2CN(c3ccc(OC4CC4)cc3)C2)cc1.[HH]. The maximum Gasteiger partial charge on any atom is 0.217 e. The molecule has 0 unspecified atom stereocenters. The minimum absolute atomic E-state index is 0. The second-order valence-corrected chi connectivity index (χ2v) is 7.50. The highest BCUT2D eigenvalue weighted by Gasteiger charge is 2.28. The molecule has 1 saturated heterocycles. The summed E-state index contributed by atoms with van der Waals surface area (Å²) in [6.07, 6.45) is 2.83. The molecule has 1 aliphatic carbocycles. The van der Waals surface area contributed by atoms with Gasteiger partial charge in [-0.2, -0.15) is 0 Å². The Labute approximate surface area is 156 Å². The number of nitrogens with one attached hydrogen (secondary N) is 1. The van der Waals surface area contributed by atoms with Crippen LogP contribution in [-0.4, -0.2) is 25.1 Å². The fourth-order valence-electron chi connectivity index (χ4n) is 3.46. The van der Waals surface area contributed by atoms with Crippen LogP contribution in [0.1, 0.15) is 51.2 Å². The van der Waals surface area contributed by atoms with E-state index in [0.717, 1.165) is 24.4 Å². The van der Waals surface area contributed by atoms with Crippen molar-refractivity contribution in [2.45, 2.75) is 44.8 Å². The molecule has 4 rings (SSSR count). The van der Waals surface area contributed by atoms with Gasteiger partial charge in [0.2, 0.25) is 5.91 Å². The molecular formula is C22H28N2O2. The second kappa shape index (κ2) is 7.02. The minimum atomic E-state index is 0. The van der Waals surface area contributed by atoms with Crippen molar-refractivity contribution in [3.8, 4) is 5.75 Å². The summed E-state index contributed by atoms with van der Waals surface area (Å²) in [5.74, 6) is 1.56. The van der Waals surface area contributed by atoms with Gasteiger partial charge < -0.3 is 15.0 Å². The molecule has 1 heterocycles. The maximum atomic E-state index is 11.2. The Bertz CT molecular complexity index is 766. The van der Waals surface area contributed by atoms with Crippen LogP contribution in [0.25, 0.3) is 0 Å². The van der Waals surface area contributed by atoms with E-state index in [2.05, 4.69) is 58.7 Å². The van der Waals surface area contributed by atoms with Gasteiger partial charge in [0.25, 0.3) is 0 Å². The number of carbonyl (C=O) groups excluding carboxylic acids is 1. The first-order chi connectivity index (χ1) is 12.6. The van der Waals surface area contributed by atoms with E-state index >= 15 is 0 Å². The molecule has 2 aromatic carbocycles. The first-order valence-corrected chi connectivity index (χ1v) is 9.47. The van der Waals surface area contributed by atoms with E-state index < -0.39 is 0 Å². The van der Waals surface area contributed by atoms with Gasteiger partial charge in [-0.05, 0) is 55.2 Å². The van der Waals surface area contributed by atoms with E-state index in [9.17, 15) is 4.79 Å². The Balaban J connectivity index is 0.00000210. The monoisotopic (exact) mass is 352 g/mol. The average molecular weight is 352 g/mol. The summed E-state index contributed by atoms with van der Waals surface area (Å²) in [5.41, 5.74) is 3.78. The zero-order valence-corrected chi connectivity index (χ0v) is 15.4. The largest absolute Gasteiger partial charge is 0.490 e. The summed E-state index contributed by atoms with van der Waals surface area (Å²) in [7, 11) is 0. The highest BCUT2D eigenvalue weighted by atomic mass is 16.5. The highest BCUT2D eigenvalue weighted by molar-refractivity contribution is 5.73. The number of nitrogens with zero attached hydrogens (tertiary/aromatic N) is 1. The van der Waals surface area contributed by atoms with Crippen LogP contribution < -0.4 is 15.0 Å². The topological polar surface area (TPSA) is 41.6 Å². The summed E-state index contributed by atoms with van der Waals surface area (Å²) >= 11 is 0. The molecule has 1 amide bonds. The molecule has 0 aromatic heterocycles. The minimum Gasteiger partial charge on any atom is -0.490 e. The van der Waals surface area contributed by atoms with Crippen LogP contribution in [0.5, 0.6) is 5.75 Å². The molecule has 1 N–H and O–H groups in total. The Morgan fingerprint density at radius 3 is 2.35 bits per heavy atom. The van der Waals surface area contributed by atoms with Crippen LogP contribution in [-0.2, 0) is 4.79 Å². The van der Waals surface area contributed by atoms with Crippen LogP contribution in [0.4, 0.5) is 5.69 Å². The van der Waals surface area contributed by atoms with E-state index in [1.54, 1.807) is 6.92 Å². The van der Waals surface area contributed by atoms with Gasteiger partial charge in [0, 0.05) is 33.0 Å². The van der Waals surface area contributed by atoms with E-state index in [4.69, 9.17) is 4.74 Å². The van der Waals surface area contributed by atoms with Crippen LogP contribution in [0.2, 0.25) is 0 Å². The van der Waals surface area contributed by atoms with Gasteiger partial charge in [0.05, 0.1) is 12.1 Å². The number of hydrogen-bond donors (Lipinski definition) is 1. The number of rotatable bonds is 6. The molecule has 1 aliphatic heterocycles. The molecule has 0 radical (unpaired) electrons. The van der Waals surface area contributed by atoms with E-state index in [1.807, 2.05) is 6.92 Å². The lowest BCUT2D eigenvalue weighted by molar-refractivity contribution is -0.119. The number of carbonyl (C=O) groups is 1. The van der Waals surface area contributed by atoms with Crippen molar-refractivity contribution in [1.29, 1.82) is 0 Å². The Morgan fingerprint density at radius 1 is 1.12 bits per heavy atom. The average Bonchev–Trinajstić information content (AvgIpc) is 3.39. The molecule has 4 heteroatoms. The molecule has 2 aliphatic rings. The lowest BCUT2D eigenvalue weighted by Crippen LogP contribution is -2.45. The normalized spacial score (nSPS) is 18.2. The highest BCUT2D eigenvalue weighted by Crippen LogP contribution is 2.34. The van der Waals surface area contributed by atoms with Crippen molar-refractivity contribution < 1.29 is 11.0 Å². The van der Waals surface area contributed by atoms with Crippen LogP contribution in [0, 0.1) is 0 Å². The van der Waals surface area contributed by atoms with E-state index in [0.29, 0.717) is 12.0 Å². The third-order valence-corrected chi connectivity index (χ3v) is 5.24. The fraction of sp³-hybridized carbons (Fsp3) is 0.409. The molecule has 0 spiro atoms. The van der Waals surface area contributed by atoms with Gasteiger partial charge >= 0.3 is 0 Å². The first-order valence-electron chi connectivity index (χ1n) is 9.47. The maximum absolute atomic E-state index is 11.2. The summed E-state index contributed by atoms with van der Waals surface area (Å²) < 4.78 is 5.81. The van der Waals surface area contributed by atoms with Crippen molar-refractivity contribution in [2.24, 2.45) is 0 Å². The number of amides is 1. The van der Waals surface area contributed by atoms with Gasteiger partial charge in [0.1, 0.15) is 5.75 Å². The quantitative estimate of drug-likeness (QED) is 0.844. The second-order valence-electron chi connectivity index (χ2n) is 7.50. The molecule has 2 fully saturated rings. The number of anilines is 1. The first kappa shape index (κ1) is 17.0. The Morgan fingerprint density at radius 2 is 1.77 bits per heavy atom. The van der Waals surface area contributed by atoms with E-state index in [-0.39, 0.29) is 13.4 Å². The van der Waals surface area contributed by atoms with Crippen LogP contribution >= 0.6 is 0 Å². The lowest BCUT2D eigenvalue weighted by atomic mass is 9.90. The van der Waals surface area contributed by atoms with Gasteiger partial charge in [-0.25, -0.2) is 0 Å². The molecule has 2 aromatic rings. The van der Waals surface area contributed by atoms with Crippen molar-refractivity contribution in [1.82, 2.24) is 5.32 Å². The molecule has 26 heavy (non-hydrogen) atoms. The smallest absolute Gasteiger partial charge is 0.217 e. The third kappa shape index (κ3) is 3.85. The number of hydrogen-bond acceptors (Lipinski definition) is 3. The molecule has 1 atom stereocenters. The van der Waals surface area contributed by atoms with Crippen molar-refractivity contribution >= 4 is 11.6 Å². The van der Waals surface area contributed by atoms with Crippen molar-refractivity contribution in [3.05, 3.63) is 59.7 Å². The van der Waals surface area contributed by atoms with Gasteiger partial charge in [-0.15, -0.1) is 0 Å². The van der Waals surface area contributed by atoms with Crippen molar-refractivity contribution in [2.75, 3.05) is 18.0 Å². The fourth-order valence-corrected chi connectivity index (χ4v) is 3.46. The number of ether oxygens (including phenoxy) is 1. The Kier molecular flexibility index (Phi) is 4.58. The molecule has 1 saturated carbocycles.